The Hall–Kier alpha value is -0.330. The lowest BCUT2D eigenvalue weighted by Gasteiger charge is -2.27. The van der Waals surface area contributed by atoms with Crippen LogP contribution in [0, 0.1) is 17.8 Å². The van der Waals surface area contributed by atoms with Gasteiger partial charge >= 0.3 is 0 Å². The van der Waals surface area contributed by atoms with Crippen molar-refractivity contribution in [3.8, 4) is 0 Å². The molecular weight excluding hydrogens is 196 g/mol. The molecule has 1 nitrogen and oxygen atoms in total. The third-order valence-corrected chi connectivity index (χ3v) is 4.45. The normalized spacial score (nSPS) is 30.3. The molecule has 0 amide bonds. The van der Waals surface area contributed by atoms with Gasteiger partial charge < -0.3 is 0 Å². The standard InChI is InChI=1S/C15H26O/c1-2-3-4-12-7-9-14(10-8-12)15(16)11-13-5-6-13/h12-14H,2-11H2,1H3. The van der Waals surface area contributed by atoms with Gasteiger partial charge in [0.1, 0.15) is 5.78 Å². The maximum absolute atomic E-state index is 12.0. The Kier molecular flexibility index (Phi) is 4.43. The minimum absolute atomic E-state index is 0.443. The van der Waals surface area contributed by atoms with Crippen LogP contribution in [0.2, 0.25) is 0 Å². The van der Waals surface area contributed by atoms with Crippen molar-refractivity contribution in [1.29, 1.82) is 0 Å². The molecule has 0 atom stereocenters. The fourth-order valence-corrected chi connectivity index (χ4v) is 3.04. The van der Waals surface area contributed by atoms with Gasteiger partial charge in [0.05, 0.1) is 0 Å². The van der Waals surface area contributed by atoms with Gasteiger partial charge in [-0.2, -0.15) is 0 Å². The third kappa shape index (κ3) is 3.61. The van der Waals surface area contributed by atoms with Gasteiger partial charge in [-0.25, -0.2) is 0 Å². The molecule has 0 N–H and O–H groups in total. The number of ketones is 1. The van der Waals surface area contributed by atoms with Gasteiger partial charge in [-0.05, 0) is 50.4 Å². The molecule has 1 heteroatoms. The van der Waals surface area contributed by atoms with E-state index in [-0.39, 0.29) is 0 Å². The molecule has 0 aliphatic heterocycles. The maximum atomic E-state index is 12.0. The molecule has 0 aromatic carbocycles. The summed E-state index contributed by atoms with van der Waals surface area (Å²) < 4.78 is 0. The van der Waals surface area contributed by atoms with Crippen LogP contribution >= 0.6 is 0 Å². The van der Waals surface area contributed by atoms with Crippen molar-refractivity contribution < 1.29 is 4.79 Å². The van der Waals surface area contributed by atoms with E-state index in [2.05, 4.69) is 6.92 Å². The molecular formula is C15H26O. The zero-order chi connectivity index (χ0) is 11.4. The van der Waals surface area contributed by atoms with Crippen LogP contribution in [0.3, 0.4) is 0 Å². The molecule has 0 radical (unpaired) electrons. The summed E-state index contributed by atoms with van der Waals surface area (Å²) in [5.74, 6) is 2.75. The van der Waals surface area contributed by atoms with E-state index in [0.29, 0.717) is 11.7 Å². The molecule has 0 heterocycles. The maximum Gasteiger partial charge on any atom is 0.136 e. The molecule has 92 valence electrons. The van der Waals surface area contributed by atoms with Crippen molar-refractivity contribution in [2.24, 2.45) is 17.8 Å². The molecule has 0 aromatic rings. The molecule has 2 saturated carbocycles. The SMILES string of the molecule is CCCCC1CCC(C(=O)CC2CC2)CC1. The first-order chi connectivity index (χ1) is 7.79. The van der Waals surface area contributed by atoms with Crippen molar-refractivity contribution in [3.05, 3.63) is 0 Å². The number of rotatable bonds is 6. The van der Waals surface area contributed by atoms with Crippen LogP contribution in [-0.2, 0) is 4.79 Å². The van der Waals surface area contributed by atoms with Crippen LogP contribution in [0.15, 0.2) is 0 Å². The van der Waals surface area contributed by atoms with E-state index in [1.165, 1.54) is 57.8 Å². The van der Waals surface area contributed by atoms with Gasteiger partial charge in [-0.3, -0.25) is 4.79 Å². The van der Waals surface area contributed by atoms with E-state index in [0.717, 1.165) is 18.3 Å². The lowest BCUT2D eigenvalue weighted by atomic mass is 9.77. The molecule has 0 unspecified atom stereocenters. The summed E-state index contributed by atoms with van der Waals surface area (Å²) in [6.07, 6.45) is 12.7. The van der Waals surface area contributed by atoms with Gasteiger partial charge in [0, 0.05) is 12.3 Å². The average Bonchev–Trinajstić information content (AvgIpc) is 3.11. The topological polar surface area (TPSA) is 17.1 Å². The summed E-state index contributed by atoms with van der Waals surface area (Å²) >= 11 is 0. The molecule has 2 rings (SSSR count). The number of unbranched alkanes of at least 4 members (excludes halogenated alkanes) is 1. The lowest BCUT2D eigenvalue weighted by molar-refractivity contribution is -0.124. The van der Waals surface area contributed by atoms with Crippen LogP contribution in [0.25, 0.3) is 0 Å². The summed E-state index contributed by atoms with van der Waals surface area (Å²) in [6, 6.07) is 0. The Labute approximate surface area is 100.0 Å². The fourth-order valence-electron chi connectivity index (χ4n) is 3.04. The van der Waals surface area contributed by atoms with E-state index in [1.807, 2.05) is 0 Å². The van der Waals surface area contributed by atoms with Crippen molar-refractivity contribution in [3.63, 3.8) is 0 Å². The smallest absolute Gasteiger partial charge is 0.136 e. The molecule has 0 aromatic heterocycles. The van der Waals surface area contributed by atoms with E-state index in [9.17, 15) is 4.79 Å². The summed E-state index contributed by atoms with van der Waals surface area (Å²) in [4.78, 5) is 12.0. The summed E-state index contributed by atoms with van der Waals surface area (Å²) in [6.45, 7) is 2.27. The Balaban J connectivity index is 1.65. The van der Waals surface area contributed by atoms with Crippen LogP contribution in [-0.4, -0.2) is 5.78 Å². The van der Waals surface area contributed by atoms with Gasteiger partial charge in [0.2, 0.25) is 0 Å². The summed E-state index contributed by atoms with van der Waals surface area (Å²) in [7, 11) is 0. The molecule has 16 heavy (non-hydrogen) atoms. The molecule has 2 fully saturated rings. The highest BCUT2D eigenvalue weighted by molar-refractivity contribution is 5.81. The Morgan fingerprint density at radius 3 is 2.19 bits per heavy atom. The lowest BCUT2D eigenvalue weighted by Crippen LogP contribution is -2.22. The zero-order valence-corrected chi connectivity index (χ0v) is 10.7. The average molecular weight is 222 g/mol. The summed E-state index contributed by atoms with van der Waals surface area (Å²) in [5, 5.41) is 0. The first-order valence-corrected chi connectivity index (χ1v) is 7.32. The molecule has 0 spiro atoms. The monoisotopic (exact) mass is 222 g/mol. The number of hydrogen-bond acceptors (Lipinski definition) is 1. The van der Waals surface area contributed by atoms with Crippen LogP contribution in [0.4, 0.5) is 0 Å². The third-order valence-electron chi connectivity index (χ3n) is 4.45. The second-order valence-corrected chi connectivity index (χ2v) is 5.97. The molecule has 0 saturated heterocycles. The first kappa shape index (κ1) is 12.1. The Morgan fingerprint density at radius 1 is 1.00 bits per heavy atom. The highest BCUT2D eigenvalue weighted by Crippen LogP contribution is 2.37. The largest absolute Gasteiger partial charge is 0.299 e. The molecule has 2 aliphatic rings. The van der Waals surface area contributed by atoms with Crippen LogP contribution in [0.5, 0.6) is 0 Å². The van der Waals surface area contributed by atoms with Crippen molar-refractivity contribution >= 4 is 5.78 Å². The first-order valence-electron chi connectivity index (χ1n) is 7.32. The van der Waals surface area contributed by atoms with Crippen LogP contribution < -0.4 is 0 Å². The van der Waals surface area contributed by atoms with Crippen LogP contribution in [0.1, 0.15) is 71.1 Å². The molecule has 0 bridgehead atoms. The van der Waals surface area contributed by atoms with Crippen molar-refractivity contribution in [1.82, 2.24) is 0 Å². The predicted octanol–water partition coefficient (Wildman–Crippen LogP) is 4.35. The fraction of sp³-hybridized carbons (Fsp3) is 0.933. The minimum Gasteiger partial charge on any atom is -0.299 e. The summed E-state index contributed by atoms with van der Waals surface area (Å²) in [5.41, 5.74) is 0. The predicted molar refractivity (Wildman–Crippen MR) is 67.3 cm³/mol. The number of hydrogen-bond donors (Lipinski definition) is 0. The Morgan fingerprint density at radius 2 is 1.62 bits per heavy atom. The minimum atomic E-state index is 0.443. The number of Topliss-reactive ketones (excluding diaryl/α,β-unsaturated/α-hetero) is 1. The second-order valence-electron chi connectivity index (χ2n) is 5.97. The van der Waals surface area contributed by atoms with E-state index >= 15 is 0 Å². The zero-order valence-electron chi connectivity index (χ0n) is 10.7. The van der Waals surface area contributed by atoms with Gasteiger partial charge in [-0.1, -0.05) is 26.2 Å². The Bertz CT molecular complexity index is 222. The van der Waals surface area contributed by atoms with Gasteiger partial charge in [-0.15, -0.1) is 0 Å². The highest BCUT2D eigenvalue weighted by Gasteiger charge is 2.30. The van der Waals surface area contributed by atoms with E-state index < -0.39 is 0 Å². The van der Waals surface area contributed by atoms with Crippen molar-refractivity contribution in [2.45, 2.75) is 71.1 Å². The number of carbonyl (C=O) groups is 1. The quantitative estimate of drug-likeness (QED) is 0.653. The van der Waals surface area contributed by atoms with Gasteiger partial charge in [0.15, 0.2) is 0 Å². The van der Waals surface area contributed by atoms with E-state index in [4.69, 9.17) is 0 Å². The van der Waals surface area contributed by atoms with Crippen molar-refractivity contribution in [2.75, 3.05) is 0 Å². The van der Waals surface area contributed by atoms with E-state index in [1.54, 1.807) is 0 Å². The number of carbonyl (C=O) groups excluding carboxylic acids is 1. The molecule has 2 aliphatic carbocycles. The van der Waals surface area contributed by atoms with Gasteiger partial charge in [0.25, 0.3) is 0 Å². The second kappa shape index (κ2) is 5.84. The highest BCUT2D eigenvalue weighted by atomic mass is 16.1.